The van der Waals surface area contributed by atoms with Gasteiger partial charge >= 0.3 is 11.9 Å². The molecule has 2 unspecified atom stereocenters. The van der Waals surface area contributed by atoms with E-state index in [4.69, 9.17) is 0 Å². The Morgan fingerprint density at radius 1 is 0.444 bits per heavy atom. The lowest BCUT2D eigenvalue weighted by Gasteiger charge is -2.26. The van der Waals surface area contributed by atoms with E-state index in [-0.39, 0.29) is 24.7 Å². The van der Waals surface area contributed by atoms with Gasteiger partial charge in [0.15, 0.2) is 0 Å². The van der Waals surface area contributed by atoms with Gasteiger partial charge in [-0.05, 0) is 24.7 Å². The van der Waals surface area contributed by atoms with E-state index >= 15 is 0 Å². The summed E-state index contributed by atoms with van der Waals surface area (Å²) >= 11 is 0. The summed E-state index contributed by atoms with van der Waals surface area (Å²) in [7, 11) is 0. The van der Waals surface area contributed by atoms with E-state index in [1.165, 1.54) is 122 Å². The second-order valence-electron chi connectivity index (χ2n) is 11.3. The van der Waals surface area contributed by atoms with Gasteiger partial charge in [-0.3, -0.25) is 9.59 Å². The molecule has 2 N–H and O–H groups in total. The minimum Gasteiger partial charge on any atom is -0.481 e. The van der Waals surface area contributed by atoms with Crippen molar-refractivity contribution >= 4 is 11.9 Å². The number of carbonyl (C=O) groups is 2. The van der Waals surface area contributed by atoms with Gasteiger partial charge in [0.05, 0.1) is 0 Å². The molecule has 2 atom stereocenters. The predicted molar refractivity (Wildman–Crippen MR) is 154 cm³/mol. The molecule has 214 valence electrons. The van der Waals surface area contributed by atoms with E-state index in [9.17, 15) is 19.8 Å². The van der Waals surface area contributed by atoms with Gasteiger partial charge in [-0.1, -0.05) is 155 Å². The number of hydrogen-bond donors (Lipinski definition) is 2. The van der Waals surface area contributed by atoms with Crippen LogP contribution in [0.4, 0.5) is 0 Å². The Morgan fingerprint density at radius 2 is 0.778 bits per heavy atom. The summed E-state index contributed by atoms with van der Waals surface area (Å²) in [5, 5.41) is 18.8. The van der Waals surface area contributed by atoms with Crippen LogP contribution < -0.4 is 0 Å². The van der Waals surface area contributed by atoms with Crippen molar-refractivity contribution in [3.05, 3.63) is 0 Å². The van der Waals surface area contributed by atoms with Crippen molar-refractivity contribution < 1.29 is 19.8 Å². The second-order valence-corrected chi connectivity index (χ2v) is 11.3. The molecule has 0 radical (unpaired) electrons. The van der Waals surface area contributed by atoms with Crippen molar-refractivity contribution in [1.82, 2.24) is 0 Å². The highest BCUT2D eigenvalue weighted by Crippen LogP contribution is 2.31. The summed E-state index contributed by atoms with van der Waals surface area (Å²) < 4.78 is 0. The smallest absolute Gasteiger partial charge is 0.303 e. The van der Waals surface area contributed by atoms with E-state index < -0.39 is 11.9 Å². The molecule has 0 aromatic carbocycles. The van der Waals surface area contributed by atoms with Gasteiger partial charge in [0.25, 0.3) is 0 Å². The average molecular weight is 511 g/mol. The van der Waals surface area contributed by atoms with Gasteiger partial charge in [-0.15, -0.1) is 0 Å². The first-order valence-electron chi connectivity index (χ1n) is 15.9. The Kier molecular flexibility index (Phi) is 26.2. The highest BCUT2D eigenvalue weighted by Gasteiger charge is 2.24. The molecule has 0 aliphatic carbocycles. The number of unbranched alkanes of at least 4 members (excludes halogenated alkanes) is 19. The maximum Gasteiger partial charge on any atom is 0.303 e. The van der Waals surface area contributed by atoms with Crippen LogP contribution in [-0.4, -0.2) is 22.2 Å². The first-order chi connectivity index (χ1) is 17.5. The normalized spacial score (nSPS) is 13.1. The summed E-state index contributed by atoms with van der Waals surface area (Å²) in [5.74, 6) is -1.13. The molecular weight excluding hydrogens is 448 g/mol. The zero-order chi connectivity index (χ0) is 26.7. The van der Waals surface area contributed by atoms with E-state index in [0.29, 0.717) is 6.42 Å². The molecule has 0 heterocycles. The van der Waals surface area contributed by atoms with Crippen LogP contribution in [0.15, 0.2) is 0 Å². The molecule has 0 spiro atoms. The van der Waals surface area contributed by atoms with Gasteiger partial charge in [0.2, 0.25) is 0 Å². The summed E-state index contributed by atoms with van der Waals surface area (Å²) in [5.41, 5.74) is 0. The molecule has 0 aromatic rings. The largest absolute Gasteiger partial charge is 0.481 e. The minimum atomic E-state index is -0.758. The average Bonchev–Trinajstić information content (AvgIpc) is 2.84. The third-order valence-electron chi connectivity index (χ3n) is 7.94. The zero-order valence-electron chi connectivity index (χ0n) is 24.3. The molecule has 0 aliphatic rings. The molecular formula is C32H62O4. The molecule has 4 nitrogen and oxygen atoms in total. The summed E-state index contributed by atoms with van der Waals surface area (Å²) in [4.78, 5) is 22.8. The van der Waals surface area contributed by atoms with Crippen LogP contribution in [0.3, 0.4) is 0 Å². The SMILES string of the molecule is CCCCCCCCCCCCCC(CC(=O)O)C(CCCCCCCCCCCC)CCC(=O)O. The molecule has 0 bridgehead atoms. The molecule has 0 saturated carbocycles. The van der Waals surface area contributed by atoms with E-state index in [0.717, 1.165) is 25.7 Å². The van der Waals surface area contributed by atoms with Crippen molar-refractivity contribution in [2.75, 3.05) is 0 Å². The van der Waals surface area contributed by atoms with Crippen LogP contribution >= 0.6 is 0 Å². The Bertz CT molecular complexity index is 491. The third-order valence-corrected chi connectivity index (χ3v) is 7.94. The van der Waals surface area contributed by atoms with Gasteiger partial charge in [0, 0.05) is 12.8 Å². The Hall–Kier alpha value is -1.06. The van der Waals surface area contributed by atoms with Crippen molar-refractivity contribution in [1.29, 1.82) is 0 Å². The van der Waals surface area contributed by atoms with Crippen LogP contribution in [0.25, 0.3) is 0 Å². The number of carboxylic acids is 2. The first-order valence-corrected chi connectivity index (χ1v) is 15.9. The van der Waals surface area contributed by atoms with Crippen LogP contribution in [-0.2, 0) is 9.59 Å². The summed E-state index contributed by atoms with van der Waals surface area (Å²) in [6.45, 7) is 4.51. The second kappa shape index (κ2) is 27.0. The van der Waals surface area contributed by atoms with Crippen molar-refractivity contribution in [3.8, 4) is 0 Å². The number of hydrogen-bond acceptors (Lipinski definition) is 2. The zero-order valence-corrected chi connectivity index (χ0v) is 24.3. The number of aliphatic carboxylic acids is 2. The fourth-order valence-electron chi connectivity index (χ4n) is 5.62. The maximum absolute atomic E-state index is 11.6. The van der Waals surface area contributed by atoms with E-state index in [1.54, 1.807) is 0 Å². The standard InChI is InChI=1S/C32H62O4/c1-3-5-7-9-11-13-15-17-19-21-23-25-30(28-32(35)36)29(26-27-31(33)34)24-22-20-18-16-14-12-10-8-6-4-2/h29-30H,3-28H2,1-2H3,(H,33,34)(H,35,36). The molecule has 0 fully saturated rings. The molecule has 0 amide bonds. The highest BCUT2D eigenvalue weighted by atomic mass is 16.4. The van der Waals surface area contributed by atoms with Crippen molar-refractivity contribution in [2.45, 2.75) is 181 Å². The Morgan fingerprint density at radius 3 is 1.11 bits per heavy atom. The lowest BCUT2D eigenvalue weighted by molar-refractivity contribution is -0.138. The molecule has 0 aromatic heterocycles. The quantitative estimate of drug-likeness (QED) is 0.0981. The Balaban J connectivity index is 4.25. The topological polar surface area (TPSA) is 74.6 Å². The van der Waals surface area contributed by atoms with Crippen molar-refractivity contribution in [2.24, 2.45) is 11.8 Å². The fourth-order valence-corrected chi connectivity index (χ4v) is 5.62. The minimum absolute atomic E-state index is 0.124. The highest BCUT2D eigenvalue weighted by molar-refractivity contribution is 5.67. The monoisotopic (exact) mass is 510 g/mol. The summed E-state index contributed by atoms with van der Waals surface area (Å²) in [6, 6.07) is 0. The van der Waals surface area contributed by atoms with E-state index in [1.807, 2.05) is 0 Å². The first kappa shape index (κ1) is 34.9. The molecule has 0 saturated heterocycles. The molecule has 0 aliphatic heterocycles. The van der Waals surface area contributed by atoms with Gasteiger partial charge in [-0.2, -0.15) is 0 Å². The van der Waals surface area contributed by atoms with Gasteiger partial charge in [0.1, 0.15) is 0 Å². The lowest BCUT2D eigenvalue weighted by Crippen LogP contribution is -2.20. The molecule has 4 heteroatoms. The van der Waals surface area contributed by atoms with Crippen LogP contribution in [0.2, 0.25) is 0 Å². The lowest BCUT2D eigenvalue weighted by atomic mass is 9.79. The molecule has 36 heavy (non-hydrogen) atoms. The Labute approximate surface area is 224 Å². The van der Waals surface area contributed by atoms with Crippen molar-refractivity contribution in [3.63, 3.8) is 0 Å². The van der Waals surface area contributed by atoms with Crippen LogP contribution in [0.1, 0.15) is 181 Å². The molecule has 0 rings (SSSR count). The number of carboxylic acid groups (broad SMARTS) is 2. The van der Waals surface area contributed by atoms with Crippen LogP contribution in [0, 0.1) is 11.8 Å². The number of rotatable bonds is 29. The van der Waals surface area contributed by atoms with Gasteiger partial charge in [-0.25, -0.2) is 0 Å². The maximum atomic E-state index is 11.6. The predicted octanol–water partition coefficient (Wildman–Crippen LogP) is 10.6. The third kappa shape index (κ3) is 24.6. The van der Waals surface area contributed by atoms with Gasteiger partial charge < -0.3 is 10.2 Å². The fraction of sp³-hybridized carbons (Fsp3) is 0.938. The van der Waals surface area contributed by atoms with Crippen LogP contribution in [0.5, 0.6) is 0 Å². The van der Waals surface area contributed by atoms with E-state index in [2.05, 4.69) is 13.8 Å². The summed E-state index contributed by atoms with van der Waals surface area (Å²) in [6.07, 6.45) is 30.1.